The second kappa shape index (κ2) is 11.8. The van der Waals surface area contributed by atoms with Crippen LogP contribution in [0.15, 0.2) is 91.0 Å². The van der Waals surface area contributed by atoms with Crippen LogP contribution in [0.3, 0.4) is 0 Å². The SMILES string of the molecule is NC(Cc1ccc(-c2c(Cl)cccc2Cl)s1)C(=O)N1CCN(C(c2ccccc2)c2ccccc2)CC1. The predicted octanol–water partition coefficient (Wildman–Crippen LogP) is 6.53. The molecule has 0 bridgehead atoms. The van der Waals surface area contributed by atoms with Crippen molar-refractivity contribution in [2.75, 3.05) is 26.2 Å². The molecule has 0 aliphatic carbocycles. The molecular weight excluding hydrogens is 521 g/mol. The van der Waals surface area contributed by atoms with Crippen LogP contribution in [0.2, 0.25) is 10.0 Å². The molecule has 2 heterocycles. The molecule has 1 aliphatic heterocycles. The highest BCUT2D eigenvalue weighted by molar-refractivity contribution is 7.15. The number of hydrogen-bond donors (Lipinski definition) is 1. The van der Waals surface area contributed by atoms with Gasteiger partial charge in [-0.1, -0.05) is 89.9 Å². The van der Waals surface area contributed by atoms with Gasteiger partial charge in [-0.05, 0) is 35.4 Å². The molecule has 37 heavy (non-hydrogen) atoms. The van der Waals surface area contributed by atoms with Crippen LogP contribution in [-0.4, -0.2) is 47.9 Å². The van der Waals surface area contributed by atoms with Crippen molar-refractivity contribution in [3.8, 4) is 10.4 Å². The molecular formula is C30H29Cl2N3OS. The molecule has 7 heteroatoms. The molecule has 1 amide bonds. The number of benzene rings is 3. The topological polar surface area (TPSA) is 49.6 Å². The van der Waals surface area contributed by atoms with E-state index in [4.69, 9.17) is 28.9 Å². The maximum absolute atomic E-state index is 13.2. The number of rotatable bonds is 7. The fourth-order valence-corrected chi connectivity index (χ4v) is 6.83. The third kappa shape index (κ3) is 5.92. The second-order valence-corrected chi connectivity index (χ2v) is 11.2. The standard InChI is InChI=1S/C30H29Cl2N3OS/c31-24-12-7-13-25(32)28(24)27-15-14-23(37-27)20-26(33)30(36)35-18-16-34(17-19-35)29(21-8-3-1-4-9-21)22-10-5-2-6-11-22/h1-15,26,29H,16-20,33H2. The number of amides is 1. The average Bonchev–Trinajstić information content (AvgIpc) is 3.38. The largest absolute Gasteiger partial charge is 0.339 e. The molecule has 0 spiro atoms. The van der Waals surface area contributed by atoms with E-state index in [1.807, 2.05) is 47.4 Å². The van der Waals surface area contributed by atoms with Crippen molar-refractivity contribution < 1.29 is 4.79 Å². The van der Waals surface area contributed by atoms with Gasteiger partial charge in [-0.15, -0.1) is 11.3 Å². The van der Waals surface area contributed by atoms with Crippen LogP contribution < -0.4 is 5.73 Å². The number of piperazine rings is 1. The highest BCUT2D eigenvalue weighted by Crippen LogP contribution is 2.38. The number of nitrogens with two attached hydrogens (primary N) is 1. The molecule has 0 saturated carbocycles. The summed E-state index contributed by atoms with van der Waals surface area (Å²) in [7, 11) is 0. The Balaban J connectivity index is 1.23. The van der Waals surface area contributed by atoms with Gasteiger partial charge in [-0.25, -0.2) is 0 Å². The van der Waals surface area contributed by atoms with Crippen LogP contribution in [0.25, 0.3) is 10.4 Å². The van der Waals surface area contributed by atoms with Crippen LogP contribution in [0.4, 0.5) is 0 Å². The zero-order valence-electron chi connectivity index (χ0n) is 20.4. The normalized spacial score (nSPS) is 15.2. The first-order valence-electron chi connectivity index (χ1n) is 12.4. The second-order valence-electron chi connectivity index (χ2n) is 9.26. The van der Waals surface area contributed by atoms with Gasteiger partial charge in [0.05, 0.1) is 22.1 Å². The summed E-state index contributed by atoms with van der Waals surface area (Å²) < 4.78 is 0. The lowest BCUT2D eigenvalue weighted by Gasteiger charge is -2.40. The van der Waals surface area contributed by atoms with Crippen LogP contribution in [-0.2, 0) is 11.2 Å². The molecule has 4 nitrogen and oxygen atoms in total. The summed E-state index contributed by atoms with van der Waals surface area (Å²) in [6, 6.07) is 30.2. The number of carbonyl (C=O) groups excluding carboxylic acids is 1. The van der Waals surface area contributed by atoms with E-state index < -0.39 is 6.04 Å². The number of halogens is 2. The third-order valence-corrected chi connectivity index (χ3v) is 8.59. The van der Waals surface area contributed by atoms with Gasteiger partial charge in [0.2, 0.25) is 5.91 Å². The molecule has 2 N–H and O–H groups in total. The molecule has 1 fully saturated rings. The Kier molecular flexibility index (Phi) is 8.28. The fraction of sp³-hybridized carbons (Fsp3) is 0.233. The van der Waals surface area contributed by atoms with Gasteiger partial charge in [0, 0.05) is 47.9 Å². The Morgan fingerprint density at radius 3 is 1.92 bits per heavy atom. The fourth-order valence-electron chi connectivity index (χ4n) is 4.98. The summed E-state index contributed by atoms with van der Waals surface area (Å²) in [6.45, 7) is 2.91. The van der Waals surface area contributed by atoms with Crippen LogP contribution in [0.1, 0.15) is 22.0 Å². The summed E-state index contributed by atoms with van der Waals surface area (Å²) in [5, 5.41) is 1.23. The first kappa shape index (κ1) is 26.0. The van der Waals surface area contributed by atoms with Gasteiger partial charge in [0.1, 0.15) is 0 Å². The van der Waals surface area contributed by atoms with Crippen molar-refractivity contribution in [1.29, 1.82) is 0 Å². The van der Waals surface area contributed by atoms with Crippen molar-refractivity contribution in [3.63, 3.8) is 0 Å². The third-order valence-electron chi connectivity index (χ3n) is 6.83. The molecule has 5 rings (SSSR count). The highest BCUT2D eigenvalue weighted by atomic mass is 35.5. The summed E-state index contributed by atoms with van der Waals surface area (Å²) in [4.78, 5) is 19.6. The average molecular weight is 551 g/mol. The smallest absolute Gasteiger partial charge is 0.239 e. The van der Waals surface area contributed by atoms with Crippen molar-refractivity contribution in [1.82, 2.24) is 9.80 Å². The lowest BCUT2D eigenvalue weighted by Crippen LogP contribution is -2.54. The minimum atomic E-state index is -0.584. The van der Waals surface area contributed by atoms with Crippen molar-refractivity contribution in [2.24, 2.45) is 5.73 Å². The van der Waals surface area contributed by atoms with Gasteiger partial charge in [0.25, 0.3) is 0 Å². The molecule has 1 atom stereocenters. The van der Waals surface area contributed by atoms with Gasteiger partial charge in [-0.3, -0.25) is 9.69 Å². The zero-order valence-corrected chi connectivity index (χ0v) is 22.7. The Hall–Kier alpha value is -2.67. The number of hydrogen-bond acceptors (Lipinski definition) is 4. The van der Waals surface area contributed by atoms with Gasteiger partial charge < -0.3 is 10.6 Å². The zero-order chi connectivity index (χ0) is 25.8. The van der Waals surface area contributed by atoms with E-state index in [0.717, 1.165) is 28.4 Å². The van der Waals surface area contributed by atoms with Crippen LogP contribution >= 0.6 is 34.5 Å². The summed E-state index contributed by atoms with van der Waals surface area (Å²) in [5.74, 6) is 0.00125. The molecule has 1 aromatic heterocycles. The van der Waals surface area contributed by atoms with Gasteiger partial charge in [0.15, 0.2) is 0 Å². The van der Waals surface area contributed by atoms with E-state index >= 15 is 0 Å². The van der Waals surface area contributed by atoms with Gasteiger partial charge >= 0.3 is 0 Å². The lowest BCUT2D eigenvalue weighted by atomic mass is 9.96. The van der Waals surface area contributed by atoms with Crippen LogP contribution in [0.5, 0.6) is 0 Å². The van der Waals surface area contributed by atoms with Crippen molar-refractivity contribution in [3.05, 3.63) is 117 Å². The van der Waals surface area contributed by atoms with E-state index in [1.165, 1.54) is 11.1 Å². The monoisotopic (exact) mass is 549 g/mol. The van der Waals surface area contributed by atoms with Crippen molar-refractivity contribution in [2.45, 2.75) is 18.5 Å². The first-order valence-corrected chi connectivity index (χ1v) is 14.0. The number of thiophene rings is 1. The number of nitrogens with zero attached hydrogens (tertiary/aromatic N) is 2. The Labute approximate surface area is 232 Å². The van der Waals surface area contributed by atoms with E-state index in [9.17, 15) is 4.79 Å². The molecule has 1 saturated heterocycles. The molecule has 4 aromatic rings. The Morgan fingerprint density at radius 1 is 0.784 bits per heavy atom. The Bertz CT molecular complexity index is 1280. The Morgan fingerprint density at radius 2 is 1.35 bits per heavy atom. The molecule has 1 unspecified atom stereocenters. The van der Waals surface area contributed by atoms with Gasteiger partial charge in [-0.2, -0.15) is 0 Å². The molecule has 0 radical (unpaired) electrons. The molecule has 1 aliphatic rings. The molecule has 190 valence electrons. The minimum Gasteiger partial charge on any atom is -0.339 e. The first-order chi connectivity index (χ1) is 18.0. The van der Waals surface area contributed by atoms with Crippen LogP contribution in [0, 0.1) is 0 Å². The predicted molar refractivity (Wildman–Crippen MR) is 154 cm³/mol. The minimum absolute atomic E-state index is 0.00125. The van der Waals surface area contributed by atoms with Crippen molar-refractivity contribution >= 4 is 40.4 Å². The highest BCUT2D eigenvalue weighted by Gasteiger charge is 2.30. The lowest BCUT2D eigenvalue weighted by molar-refractivity contribution is -0.134. The summed E-state index contributed by atoms with van der Waals surface area (Å²) in [5.41, 5.74) is 9.76. The molecule has 3 aromatic carbocycles. The maximum atomic E-state index is 13.2. The quantitative estimate of drug-likeness (QED) is 0.285. The summed E-state index contributed by atoms with van der Waals surface area (Å²) >= 11 is 14.3. The van der Waals surface area contributed by atoms with E-state index in [0.29, 0.717) is 29.6 Å². The summed E-state index contributed by atoms with van der Waals surface area (Å²) in [6.07, 6.45) is 0.489. The van der Waals surface area contributed by atoms with E-state index in [1.54, 1.807) is 11.3 Å². The van der Waals surface area contributed by atoms with E-state index in [-0.39, 0.29) is 11.9 Å². The number of carbonyl (C=O) groups is 1. The maximum Gasteiger partial charge on any atom is 0.239 e. The van der Waals surface area contributed by atoms with E-state index in [2.05, 4.69) is 53.4 Å².